The van der Waals surface area contributed by atoms with E-state index >= 15 is 0 Å². The Morgan fingerprint density at radius 1 is 1.14 bits per heavy atom. The van der Waals surface area contributed by atoms with Crippen LogP contribution in [-0.2, 0) is 6.42 Å². The molecular formula is C19H20N2S. The van der Waals surface area contributed by atoms with Crippen molar-refractivity contribution in [3.05, 3.63) is 65.9 Å². The van der Waals surface area contributed by atoms with Gasteiger partial charge in [-0.1, -0.05) is 36.4 Å². The van der Waals surface area contributed by atoms with Gasteiger partial charge in [-0.25, -0.2) is 0 Å². The van der Waals surface area contributed by atoms with Gasteiger partial charge in [-0.3, -0.25) is 4.72 Å². The highest BCUT2D eigenvalue weighted by atomic mass is 32.2. The molecule has 1 aliphatic rings. The first-order valence-electron chi connectivity index (χ1n) is 7.80. The normalized spacial score (nSPS) is 16.0. The average molecular weight is 308 g/mol. The van der Waals surface area contributed by atoms with Crippen molar-refractivity contribution in [2.24, 2.45) is 0 Å². The molecule has 0 bridgehead atoms. The maximum atomic E-state index is 3.56. The number of nitrogens with one attached hydrogen (secondary N) is 2. The highest BCUT2D eigenvalue weighted by Crippen LogP contribution is 2.38. The molecule has 1 aliphatic carbocycles. The van der Waals surface area contributed by atoms with Gasteiger partial charge in [0.1, 0.15) is 0 Å². The molecule has 1 heterocycles. The number of aromatic amines is 1. The quantitative estimate of drug-likeness (QED) is 0.656. The summed E-state index contributed by atoms with van der Waals surface area (Å²) in [6.07, 6.45) is 5.68. The second kappa shape index (κ2) is 5.49. The van der Waals surface area contributed by atoms with Crippen LogP contribution in [0.4, 0.5) is 0 Å². The number of rotatable bonds is 5. The molecule has 0 saturated heterocycles. The molecule has 0 amide bonds. The summed E-state index contributed by atoms with van der Waals surface area (Å²) in [7, 11) is 0. The largest absolute Gasteiger partial charge is 0.361 e. The second-order valence-corrected chi connectivity index (χ2v) is 7.33. The molecule has 3 aromatic rings. The lowest BCUT2D eigenvalue weighted by Gasteiger charge is -2.10. The predicted molar refractivity (Wildman–Crippen MR) is 94.2 cm³/mol. The molecule has 2 nitrogen and oxygen atoms in total. The maximum Gasteiger partial charge on any atom is 0.0468 e. The molecule has 112 valence electrons. The van der Waals surface area contributed by atoms with Gasteiger partial charge in [-0.2, -0.15) is 0 Å². The van der Waals surface area contributed by atoms with Crippen LogP contribution in [-0.4, -0.2) is 10.5 Å². The molecule has 0 unspecified atom stereocenters. The van der Waals surface area contributed by atoms with Crippen LogP contribution >= 0.6 is 11.9 Å². The minimum atomic E-state index is 0.355. The van der Waals surface area contributed by atoms with E-state index in [2.05, 4.69) is 71.4 Å². The first-order valence-corrected chi connectivity index (χ1v) is 8.62. The molecule has 1 aromatic heterocycles. The van der Waals surface area contributed by atoms with Crippen LogP contribution in [0, 0.1) is 0 Å². The predicted octanol–water partition coefficient (Wildman–Crippen LogP) is 4.91. The van der Waals surface area contributed by atoms with Gasteiger partial charge in [0.25, 0.3) is 0 Å². The minimum absolute atomic E-state index is 0.355. The van der Waals surface area contributed by atoms with Crippen LogP contribution in [0.1, 0.15) is 30.9 Å². The zero-order valence-electron chi connectivity index (χ0n) is 12.7. The zero-order chi connectivity index (χ0) is 15.0. The van der Waals surface area contributed by atoms with E-state index < -0.39 is 0 Å². The molecular weight excluding hydrogens is 288 g/mol. The molecule has 0 spiro atoms. The van der Waals surface area contributed by atoms with E-state index in [0.29, 0.717) is 5.54 Å². The number of aromatic nitrogens is 1. The number of H-pyrrole nitrogens is 1. The van der Waals surface area contributed by atoms with Gasteiger partial charge in [0.15, 0.2) is 0 Å². The number of hydrogen-bond donors (Lipinski definition) is 2. The Hall–Kier alpha value is -1.71. The fraction of sp³-hybridized carbons (Fsp3) is 0.263. The Labute approximate surface area is 135 Å². The fourth-order valence-electron chi connectivity index (χ4n) is 2.66. The average Bonchev–Trinajstić information content (AvgIpc) is 3.16. The summed E-state index contributed by atoms with van der Waals surface area (Å²) in [6, 6.07) is 17.3. The van der Waals surface area contributed by atoms with Gasteiger partial charge < -0.3 is 4.98 Å². The van der Waals surface area contributed by atoms with Crippen LogP contribution in [0.15, 0.2) is 59.6 Å². The third-order valence-electron chi connectivity index (χ3n) is 4.39. The Kier molecular flexibility index (Phi) is 3.47. The summed E-state index contributed by atoms with van der Waals surface area (Å²) in [4.78, 5) is 4.69. The fourth-order valence-corrected chi connectivity index (χ4v) is 3.54. The van der Waals surface area contributed by atoms with Gasteiger partial charge in [0.2, 0.25) is 0 Å². The van der Waals surface area contributed by atoms with Gasteiger partial charge >= 0.3 is 0 Å². The highest BCUT2D eigenvalue weighted by Gasteiger charge is 2.36. The third-order valence-corrected chi connectivity index (χ3v) is 5.48. The van der Waals surface area contributed by atoms with Gasteiger partial charge in [0, 0.05) is 27.5 Å². The van der Waals surface area contributed by atoms with Crippen LogP contribution in [0.5, 0.6) is 0 Å². The third kappa shape index (κ3) is 2.92. The van der Waals surface area contributed by atoms with Crippen LogP contribution in [0.2, 0.25) is 0 Å². The van der Waals surface area contributed by atoms with Gasteiger partial charge in [-0.05, 0) is 61.4 Å². The Balaban J connectivity index is 1.54. The Morgan fingerprint density at radius 3 is 2.73 bits per heavy atom. The lowest BCUT2D eigenvalue weighted by molar-refractivity contribution is 0.701. The highest BCUT2D eigenvalue weighted by molar-refractivity contribution is 7.97. The van der Waals surface area contributed by atoms with E-state index in [1.807, 2.05) is 0 Å². The minimum Gasteiger partial charge on any atom is -0.361 e. The summed E-state index contributed by atoms with van der Waals surface area (Å²) in [5.41, 5.74) is 4.29. The summed E-state index contributed by atoms with van der Waals surface area (Å²) >= 11 is 1.75. The van der Waals surface area contributed by atoms with Crippen molar-refractivity contribution in [3.63, 3.8) is 0 Å². The monoisotopic (exact) mass is 308 g/mol. The van der Waals surface area contributed by atoms with E-state index in [-0.39, 0.29) is 0 Å². The molecule has 2 aromatic carbocycles. The molecule has 3 heteroatoms. The van der Waals surface area contributed by atoms with Crippen molar-refractivity contribution in [2.75, 3.05) is 0 Å². The summed E-state index contributed by atoms with van der Waals surface area (Å²) in [6.45, 7) is 2.28. The molecule has 1 saturated carbocycles. The Bertz CT molecular complexity index is 788. The molecule has 4 rings (SSSR count). The van der Waals surface area contributed by atoms with E-state index in [4.69, 9.17) is 0 Å². The smallest absolute Gasteiger partial charge is 0.0468 e. The number of fused-ring (bicyclic) bond motifs is 1. The molecule has 2 N–H and O–H groups in total. The lowest BCUT2D eigenvalue weighted by Crippen LogP contribution is -2.19. The van der Waals surface area contributed by atoms with E-state index in [9.17, 15) is 0 Å². The molecule has 0 aliphatic heterocycles. The van der Waals surface area contributed by atoms with Crippen molar-refractivity contribution in [3.8, 4) is 0 Å². The number of benzene rings is 2. The molecule has 1 fully saturated rings. The molecule has 0 radical (unpaired) electrons. The van der Waals surface area contributed by atoms with Gasteiger partial charge in [0.05, 0.1) is 0 Å². The number of hydrogen-bond acceptors (Lipinski definition) is 2. The van der Waals surface area contributed by atoms with E-state index in [0.717, 1.165) is 6.42 Å². The zero-order valence-corrected chi connectivity index (χ0v) is 13.5. The maximum absolute atomic E-state index is 3.56. The lowest BCUT2D eigenvalue weighted by atomic mass is 10.0. The molecule has 0 atom stereocenters. The van der Waals surface area contributed by atoms with Gasteiger partial charge in [-0.15, -0.1) is 0 Å². The summed E-state index contributed by atoms with van der Waals surface area (Å²) < 4.78 is 3.56. The van der Waals surface area contributed by atoms with Crippen molar-refractivity contribution >= 4 is 22.9 Å². The van der Waals surface area contributed by atoms with Crippen molar-refractivity contribution in [1.82, 2.24) is 9.71 Å². The summed E-state index contributed by atoms with van der Waals surface area (Å²) in [5.74, 6) is 0. The second-order valence-electron chi connectivity index (χ2n) is 6.45. The van der Waals surface area contributed by atoms with E-state index in [1.54, 1.807) is 11.9 Å². The van der Waals surface area contributed by atoms with Crippen LogP contribution < -0.4 is 4.72 Å². The standard InChI is InChI=1S/C19H20N2S/c1-19(9-10-19)21-22-16-7-8-17-15(13-20-18(17)12-16)11-14-5-3-2-4-6-14/h2-8,12-13,20-21H,9-11H2,1H3. The summed E-state index contributed by atoms with van der Waals surface area (Å²) in [5, 5.41) is 1.32. The first-order chi connectivity index (χ1) is 10.7. The first kappa shape index (κ1) is 13.9. The van der Waals surface area contributed by atoms with Crippen LogP contribution in [0.3, 0.4) is 0 Å². The van der Waals surface area contributed by atoms with E-state index in [1.165, 1.54) is 39.8 Å². The van der Waals surface area contributed by atoms with Crippen molar-refractivity contribution in [2.45, 2.75) is 36.6 Å². The van der Waals surface area contributed by atoms with Crippen molar-refractivity contribution < 1.29 is 0 Å². The van der Waals surface area contributed by atoms with Crippen LogP contribution in [0.25, 0.3) is 10.9 Å². The topological polar surface area (TPSA) is 27.8 Å². The van der Waals surface area contributed by atoms with Crippen molar-refractivity contribution in [1.29, 1.82) is 0 Å². The molecule has 22 heavy (non-hydrogen) atoms. The SMILES string of the molecule is CC1(NSc2ccc3c(Cc4ccccc4)c[nH]c3c2)CC1. The Morgan fingerprint density at radius 2 is 1.95 bits per heavy atom.